The van der Waals surface area contributed by atoms with Crippen LogP contribution in [-0.2, 0) is 9.59 Å². The van der Waals surface area contributed by atoms with Crippen LogP contribution in [0.25, 0.3) is 0 Å². The van der Waals surface area contributed by atoms with Crippen LogP contribution >= 0.6 is 0 Å². The number of carboxylic acids is 1. The van der Waals surface area contributed by atoms with Gasteiger partial charge in [0.25, 0.3) is 0 Å². The molecule has 0 aliphatic heterocycles. The van der Waals surface area contributed by atoms with Crippen LogP contribution in [0.15, 0.2) is 0 Å². The first-order valence-corrected chi connectivity index (χ1v) is 3.49. The first-order valence-electron chi connectivity index (χ1n) is 2.09. The van der Waals surface area contributed by atoms with Crippen LogP contribution in [0.3, 0.4) is 0 Å². The summed E-state index contributed by atoms with van der Waals surface area (Å²) in [5.41, 5.74) is 0. The zero-order valence-corrected chi connectivity index (χ0v) is 6.63. The molecule has 4 heteroatoms. The summed E-state index contributed by atoms with van der Waals surface area (Å²) in [5.74, 6) is -0.911. The molecule has 0 saturated carbocycles. The first-order chi connectivity index (χ1) is 3.66. The molecule has 0 aliphatic carbocycles. The molecular formula is C4H7AsO3. The number of hydrogen-bond donors (Lipinski definition) is 1. The van der Waals surface area contributed by atoms with Crippen LogP contribution < -0.4 is 0 Å². The Morgan fingerprint density at radius 3 is 2.50 bits per heavy atom. The number of carbonyl (C=O) groups excluding carboxylic acids is 1. The fourth-order valence-electron chi connectivity index (χ4n) is 0.250. The summed E-state index contributed by atoms with van der Waals surface area (Å²) < 4.78 is -0.292. The molecule has 0 spiro atoms. The summed E-state index contributed by atoms with van der Waals surface area (Å²) in [4.78, 5) is 19.6. The molecule has 0 heterocycles. The maximum absolute atomic E-state index is 9.82. The van der Waals surface area contributed by atoms with E-state index in [2.05, 4.69) is 0 Å². The van der Waals surface area contributed by atoms with Gasteiger partial charge in [0.2, 0.25) is 0 Å². The van der Waals surface area contributed by atoms with Crippen molar-refractivity contribution in [2.45, 2.75) is 11.1 Å². The summed E-state index contributed by atoms with van der Waals surface area (Å²) in [6.07, 6.45) is 0.623. The first kappa shape index (κ1) is 7.70. The van der Waals surface area contributed by atoms with Gasteiger partial charge >= 0.3 is 54.9 Å². The van der Waals surface area contributed by atoms with E-state index in [1.807, 2.05) is 0 Å². The summed E-state index contributed by atoms with van der Waals surface area (Å²) in [6, 6.07) is 0. The molecular weight excluding hydrogens is 171 g/mol. The molecule has 0 rings (SSSR count). The Morgan fingerprint density at radius 1 is 1.88 bits per heavy atom. The van der Waals surface area contributed by atoms with E-state index in [-0.39, 0.29) is 11.1 Å². The quantitative estimate of drug-likeness (QED) is 0.449. The van der Waals surface area contributed by atoms with Crippen molar-refractivity contribution in [3.8, 4) is 0 Å². The van der Waals surface area contributed by atoms with Gasteiger partial charge in [0.15, 0.2) is 0 Å². The molecule has 0 saturated heterocycles. The van der Waals surface area contributed by atoms with Gasteiger partial charge in [-0.2, -0.15) is 0 Å². The van der Waals surface area contributed by atoms with Gasteiger partial charge in [0.1, 0.15) is 0 Å². The third kappa shape index (κ3) is 3.87. The van der Waals surface area contributed by atoms with E-state index < -0.39 is 5.97 Å². The topological polar surface area (TPSA) is 54.4 Å². The van der Waals surface area contributed by atoms with Gasteiger partial charge in [0, 0.05) is 0 Å². The number of aldehydes is 1. The normalized spacial score (nSPS) is 12.6. The standard InChI is InChI=1S/C4H7AsO3/c5-3(2-6)1-4(7)8/h2-3H,1,5H2,(H,7,8)/t3-/m0/s1. The molecule has 2 atom stereocenters. The molecule has 0 aromatic rings. The Labute approximate surface area is 55.6 Å². The van der Waals surface area contributed by atoms with Crippen molar-refractivity contribution < 1.29 is 14.7 Å². The average molecular weight is 178 g/mol. The molecule has 0 aliphatic rings. The Bertz CT molecular complexity index is 101. The van der Waals surface area contributed by atoms with Crippen LogP contribution in [0.4, 0.5) is 0 Å². The zero-order valence-electron chi connectivity index (χ0n) is 4.20. The fourth-order valence-corrected chi connectivity index (χ4v) is 0.673. The number of carbonyl (C=O) groups is 2. The molecule has 8 heavy (non-hydrogen) atoms. The predicted molar refractivity (Wildman–Crippen MR) is 30.6 cm³/mol. The van der Waals surface area contributed by atoms with Crippen LogP contribution in [0.2, 0.25) is 4.71 Å². The van der Waals surface area contributed by atoms with Crippen molar-refractivity contribution in [2.24, 2.45) is 0 Å². The minimum atomic E-state index is -0.911. The summed E-state index contributed by atoms with van der Waals surface area (Å²) in [6.45, 7) is 0. The van der Waals surface area contributed by atoms with E-state index in [1.54, 1.807) is 0 Å². The minimum absolute atomic E-state index is 0.0382. The number of carboxylic acid groups (broad SMARTS) is 1. The van der Waals surface area contributed by atoms with Crippen molar-refractivity contribution in [1.82, 2.24) is 0 Å². The van der Waals surface area contributed by atoms with Crippen LogP contribution in [0.1, 0.15) is 6.42 Å². The third-order valence-electron chi connectivity index (χ3n) is 0.585. The molecule has 0 bridgehead atoms. The molecule has 0 fully saturated rings. The van der Waals surface area contributed by atoms with Crippen molar-refractivity contribution in [2.75, 3.05) is 0 Å². The monoisotopic (exact) mass is 178 g/mol. The Hall–Kier alpha value is -0.302. The Kier molecular flexibility index (Phi) is 3.53. The molecule has 0 radical (unpaired) electrons. The van der Waals surface area contributed by atoms with Gasteiger partial charge in [0.05, 0.1) is 0 Å². The SMILES string of the molecule is O=C[C@@H]([AsH2])CC(=O)O. The third-order valence-corrected chi connectivity index (χ3v) is 1.41. The number of rotatable bonds is 3. The molecule has 0 aromatic carbocycles. The second kappa shape index (κ2) is 3.67. The summed E-state index contributed by atoms with van der Waals surface area (Å²) in [5, 5.41) is 8.07. The van der Waals surface area contributed by atoms with Gasteiger partial charge in [-0.1, -0.05) is 0 Å². The van der Waals surface area contributed by atoms with Gasteiger partial charge < -0.3 is 0 Å². The second-order valence-corrected chi connectivity index (χ2v) is 3.19. The van der Waals surface area contributed by atoms with E-state index in [4.69, 9.17) is 5.11 Å². The summed E-state index contributed by atoms with van der Waals surface area (Å²) >= 11 is 1.15. The second-order valence-electron chi connectivity index (χ2n) is 1.40. The Balaban J connectivity index is 3.38. The zero-order chi connectivity index (χ0) is 6.57. The van der Waals surface area contributed by atoms with Crippen molar-refractivity contribution in [3.63, 3.8) is 0 Å². The predicted octanol–water partition coefficient (Wildman–Crippen LogP) is -0.918. The summed E-state index contributed by atoms with van der Waals surface area (Å²) in [7, 11) is 0. The molecule has 3 nitrogen and oxygen atoms in total. The van der Waals surface area contributed by atoms with E-state index in [9.17, 15) is 9.59 Å². The molecule has 1 N–H and O–H groups in total. The van der Waals surface area contributed by atoms with Gasteiger partial charge in [-0.15, -0.1) is 0 Å². The maximum atomic E-state index is 9.82. The van der Waals surface area contributed by atoms with Gasteiger partial charge in [-0.25, -0.2) is 0 Å². The van der Waals surface area contributed by atoms with Crippen molar-refractivity contribution in [3.05, 3.63) is 0 Å². The van der Waals surface area contributed by atoms with E-state index in [0.29, 0.717) is 6.29 Å². The molecule has 0 amide bonds. The van der Waals surface area contributed by atoms with Gasteiger partial charge in [-0.05, 0) is 0 Å². The van der Waals surface area contributed by atoms with E-state index in [1.165, 1.54) is 0 Å². The van der Waals surface area contributed by atoms with Crippen LogP contribution in [-0.4, -0.2) is 34.2 Å². The van der Waals surface area contributed by atoms with Crippen LogP contribution in [0.5, 0.6) is 0 Å². The molecule has 46 valence electrons. The fraction of sp³-hybridized carbons (Fsp3) is 0.500. The van der Waals surface area contributed by atoms with E-state index in [0.717, 1.165) is 16.9 Å². The van der Waals surface area contributed by atoms with E-state index >= 15 is 0 Å². The molecule has 1 unspecified atom stereocenters. The van der Waals surface area contributed by atoms with Crippen molar-refractivity contribution >= 4 is 29.1 Å². The van der Waals surface area contributed by atoms with Crippen molar-refractivity contribution in [1.29, 1.82) is 0 Å². The average Bonchev–Trinajstić information content (AvgIpc) is 1.65. The Morgan fingerprint density at radius 2 is 2.38 bits per heavy atom. The van der Waals surface area contributed by atoms with Crippen LogP contribution in [0, 0.1) is 0 Å². The van der Waals surface area contributed by atoms with Gasteiger partial charge in [-0.3, -0.25) is 0 Å². The molecule has 0 aromatic heterocycles. The number of hydrogen-bond acceptors (Lipinski definition) is 2. The number of aliphatic carboxylic acids is 1.